The molecule has 3 heterocycles. The zero-order chi connectivity index (χ0) is 11.2. The summed E-state index contributed by atoms with van der Waals surface area (Å²) in [5, 5.41) is 6.65. The second kappa shape index (κ2) is 3.91. The van der Waals surface area contributed by atoms with Gasteiger partial charge in [0.2, 0.25) is 0 Å². The van der Waals surface area contributed by atoms with Gasteiger partial charge in [0.05, 0.1) is 0 Å². The van der Waals surface area contributed by atoms with Crippen LogP contribution in [0.25, 0.3) is 0 Å². The highest BCUT2D eigenvalue weighted by Gasteiger charge is 2.55. The minimum atomic E-state index is -2.44. The number of hydrogen-bond acceptors (Lipinski definition) is 2. The van der Waals surface area contributed by atoms with Crippen molar-refractivity contribution >= 4 is 0 Å². The van der Waals surface area contributed by atoms with E-state index in [1.165, 1.54) is 0 Å². The minimum Gasteiger partial charge on any atom is -0.316 e. The number of halogens is 2. The molecule has 0 aliphatic carbocycles. The van der Waals surface area contributed by atoms with Gasteiger partial charge in [-0.3, -0.25) is 0 Å². The first-order valence-electron chi connectivity index (χ1n) is 6.51. The van der Waals surface area contributed by atoms with Crippen LogP contribution >= 0.6 is 0 Å². The molecule has 4 atom stereocenters. The molecule has 16 heavy (non-hydrogen) atoms. The van der Waals surface area contributed by atoms with Crippen molar-refractivity contribution in [1.82, 2.24) is 10.6 Å². The number of piperidine rings is 2. The molecule has 0 aromatic heterocycles. The molecule has 0 aromatic carbocycles. The second-order valence-corrected chi connectivity index (χ2v) is 5.64. The average Bonchev–Trinajstić information content (AvgIpc) is 2.62. The van der Waals surface area contributed by atoms with E-state index in [9.17, 15) is 8.78 Å². The van der Waals surface area contributed by atoms with E-state index in [-0.39, 0.29) is 24.4 Å². The molecule has 3 saturated heterocycles. The summed E-state index contributed by atoms with van der Waals surface area (Å²) in [5.74, 6) is -2.71. The topological polar surface area (TPSA) is 24.1 Å². The smallest absolute Gasteiger partial charge is 0.254 e. The van der Waals surface area contributed by atoms with Gasteiger partial charge in [-0.25, -0.2) is 8.78 Å². The van der Waals surface area contributed by atoms with Crippen LogP contribution in [0.3, 0.4) is 0 Å². The van der Waals surface area contributed by atoms with Crippen LogP contribution in [0, 0.1) is 11.8 Å². The molecule has 0 spiro atoms. The summed E-state index contributed by atoms with van der Waals surface area (Å²) < 4.78 is 28.3. The fourth-order valence-corrected chi connectivity index (χ4v) is 3.91. The van der Waals surface area contributed by atoms with Crippen molar-refractivity contribution in [2.24, 2.45) is 11.8 Å². The first-order valence-corrected chi connectivity index (χ1v) is 6.51. The number of rotatable bonds is 1. The Bertz CT molecular complexity index is 264. The molecule has 0 aromatic rings. The van der Waals surface area contributed by atoms with E-state index in [1.54, 1.807) is 0 Å². The van der Waals surface area contributed by atoms with Gasteiger partial charge in [0.25, 0.3) is 5.92 Å². The van der Waals surface area contributed by atoms with E-state index in [4.69, 9.17) is 0 Å². The van der Waals surface area contributed by atoms with Gasteiger partial charge in [0.1, 0.15) is 0 Å². The molecule has 3 aliphatic rings. The quantitative estimate of drug-likeness (QED) is 0.717. The van der Waals surface area contributed by atoms with E-state index < -0.39 is 11.8 Å². The van der Waals surface area contributed by atoms with Crippen LogP contribution in [0.5, 0.6) is 0 Å². The third kappa shape index (κ3) is 1.76. The fourth-order valence-electron chi connectivity index (χ4n) is 3.91. The van der Waals surface area contributed by atoms with Gasteiger partial charge in [-0.1, -0.05) is 0 Å². The normalized spacial score (nSPS) is 46.9. The second-order valence-electron chi connectivity index (χ2n) is 5.64. The maximum absolute atomic E-state index is 14.1. The van der Waals surface area contributed by atoms with Crippen molar-refractivity contribution in [3.63, 3.8) is 0 Å². The van der Waals surface area contributed by atoms with Gasteiger partial charge in [-0.15, -0.1) is 0 Å². The van der Waals surface area contributed by atoms with Crippen LogP contribution < -0.4 is 10.6 Å². The lowest BCUT2D eigenvalue weighted by molar-refractivity contribution is -0.119. The molecule has 3 fully saturated rings. The summed E-state index contributed by atoms with van der Waals surface area (Å²) in [6.07, 6.45) is 3.96. The highest BCUT2D eigenvalue weighted by Crippen LogP contribution is 2.46. The molecular formula is C12H20F2N2. The standard InChI is InChI=1S/C12H20F2N2/c13-12(14)6-9-3-4-10(16-9)11(12)8-2-1-5-15-7-8/h8-11,15-16H,1-7H2. The van der Waals surface area contributed by atoms with E-state index in [1.807, 2.05) is 0 Å². The van der Waals surface area contributed by atoms with Crippen molar-refractivity contribution in [2.75, 3.05) is 13.1 Å². The van der Waals surface area contributed by atoms with E-state index >= 15 is 0 Å². The Kier molecular flexibility index (Phi) is 2.67. The summed E-state index contributed by atoms with van der Waals surface area (Å²) in [4.78, 5) is 0. The van der Waals surface area contributed by atoms with Gasteiger partial charge >= 0.3 is 0 Å². The number of hydrogen-bond donors (Lipinski definition) is 2. The van der Waals surface area contributed by atoms with Crippen LogP contribution in [0.4, 0.5) is 8.78 Å². The van der Waals surface area contributed by atoms with Crippen molar-refractivity contribution in [3.05, 3.63) is 0 Å². The molecular weight excluding hydrogens is 210 g/mol. The first kappa shape index (κ1) is 10.9. The Morgan fingerprint density at radius 1 is 1.12 bits per heavy atom. The van der Waals surface area contributed by atoms with Gasteiger partial charge < -0.3 is 10.6 Å². The Hall–Kier alpha value is -0.220. The third-order valence-electron chi connectivity index (χ3n) is 4.56. The zero-order valence-corrected chi connectivity index (χ0v) is 9.52. The highest BCUT2D eigenvalue weighted by molar-refractivity contribution is 5.04. The first-order chi connectivity index (χ1) is 7.67. The SMILES string of the molecule is FC1(F)CC2CCC(N2)C1C1CCCNC1. The lowest BCUT2D eigenvalue weighted by atomic mass is 9.75. The molecule has 3 rings (SSSR count). The largest absolute Gasteiger partial charge is 0.316 e. The lowest BCUT2D eigenvalue weighted by Gasteiger charge is -2.43. The Labute approximate surface area is 95.2 Å². The molecule has 0 amide bonds. The molecule has 2 bridgehead atoms. The van der Waals surface area contributed by atoms with E-state index in [0.29, 0.717) is 0 Å². The van der Waals surface area contributed by atoms with Gasteiger partial charge in [0, 0.05) is 24.4 Å². The van der Waals surface area contributed by atoms with Gasteiger partial charge in [0.15, 0.2) is 0 Å². The monoisotopic (exact) mass is 230 g/mol. The summed E-state index contributed by atoms with van der Waals surface area (Å²) in [6, 6.07) is 0.145. The zero-order valence-electron chi connectivity index (χ0n) is 9.52. The van der Waals surface area contributed by atoms with E-state index in [0.717, 1.165) is 38.8 Å². The summed E-state index contributed by atoms with van der Waals surface area (Å²) in [7, 11) is 0. The predicted molar refractivity (Wildman–Crippen MR) is 58.6 cm³/mol. The molecule has 3 aliphatic heterocycles. The third-order valence-corrected chi connectivity index (χ3v) is 4.56. The Balaban J connectivity index is 1.79. The summed E-state index contributed by atoms with van der Waals surface area (Å²) >= 11 is 0. The van der Waals surface area contributed by atoms with Crippen LogP contribution in [-0.2, 0) is 0 Å². The maximum atomic E-state index is 14.1. The number of nitrogens with one attached hydrogen (secondary N) is 2. The van der Waals surface area contributed by atoms with Crippen LogP contribution in [0.1, 0.15) is 32.1 Å². The van der Waals surface area contributed by atoms with Crippen molar-refractivity contribution in [3.8, 4) is 0 Å². The number of alkyl halides is 2. The van der Waals surface area contributed by atoms with Crippen molar-refractivity contribution in [1.29, 1.82) is 0 Å². The number of fused-ring (bicyclic) bond motifs is 2. The van der Waals surface area contributed by atoms with Crippen molar-refractivity contribution < 1.29 is 8.78 Å². The average molecular weight is 230 g/mol. The lowest BCUT2D eigenvalue weighted by Crippen LogP contribution is -2.56. The van der Waals surface area contributed by atoms with Crippen LogP contribution in [0.2, 0.25) is 0 Å². The molecule has 2 N–H and O–H groups in total. The van der Waals surface area contributed by atoms with Crippen molar-refractivity contribution in [2.45, 2.75) is 50.1 Å². The predicted octanol–water partition coefficient (Wildman–Crippen LogP) is 1.76. The molecule has 0 saturated carbocycles. The maximum Gasteiger partial charge on any atom is 0.254 e. The fraction of sp³-hybridized carbons (Fsp3) is 1.00. The molecule has 2 nitrogen and oxygen atoms in total. The molecule has 4 unspecified atom stereocenters. The van der Waals surface area contributed by atoms with Crippen LogP contribution in [-0.4, -0.2) is 31.1 Å². The summed E-state index contributed by atoms with van der Waals surface area (Å²) in [5.41, 5.74) is 0. The summed E-state index contributed by atoms with van der Waals surface area (Å²) in [6.45, 7) is 1.78. The molecule has 4 heteroatoms. The highest BCUT2D eigenvalue weighted by atomic mass is 19.3. The van der Waals surface area contributed by atoms with Gasteiger partial charge in [-0.2, -0.15) is 0 Å². The van der Waals surface area contributed by atoms with E-state index in [2.05, 4.69) is 10.6 Å². The molecule has 0 radical (unpaired) electrons. The molecule has 92 valence electrons. The van der Waals surface area contributed by atoms with Crippen LogP contribution in [0.15, 0.2) is 0 Å². The Morgan fingerprint density at radius 3 is 2.75 bits per heavy atom. The minimum absolute atomic E-state index is 0.0602. The Morgan fingerprint density at radius 2 is 2.00 bits per heavy atom. The van der Waals surface area contributed by atoms with Gasteiger partial charge in [-0.05, 0) is 44.7 Å².